The summed E-state index contributed by atoms with van der Waals surface area (Å²) >= 11 is 6.06. The van der Waals surface area contributed by atoms with Crippen LogP contribution in [0.1, 0.15) is 26.3 Å². The molecule has 0 radical (unpaired) electrons. The summed E-state index contributed by atoms with van der Waals surface area (Å²) in [7, 11) is -3.57. The highest BCUT2D eigenvalue weighted by Gasteiger charge is 2.19. The van der Waals surface area contributed by atoms with Crippen LogP contribution in [0, 0.1) is 0 Å². The first-order valence-electron chi connectivity index (χ1n) is 8.52. The summed E-state index contributed by atoms with van der Waals surface area (Å²) in [5.41, 5.74) is 1.20. The molecule has 0 atom stereocenters. The van der Waals surface area contributed by atoms with Crippen molar-refractivity contribution in [2.24, 2.45) is 0 Å². The zero-order valence-electron chi connectivity index (χ0n) is 15.3. The third kappa shape index (κ3) is 5.22. The summed E-state index contributed by atoms with van der Waals surface area (Å²) in [5.74, 6) is -0.868. The molecule has 0 aliphatic rings. The average molecular weight is 429 g/mol. The van der Waals surface area contributed by atoms with Crippen LogP contribution < -0.4 is 10.0 Å². The normalized spacial score (nSPS) is 11.0. The number of nitrogens with one attached hydrogen (secondary N) is 2. The highest BCUT2D eigenvalue weighted by Crippen LogP contribution is 2.25. The lowest BCUT2D eigenvalue weighted by Crippen LogP contribution is -2.19. The first-order valence-corrected chi connectivity index (χ1v) is 10.8. The van der Waals surface area contributed by atoms with E-state index in [1.165, 1.54) is 24.3 Å². The van der Waals surface area contributed by atoms with E-state index in [1.54, 1.807) is 48.5 Å². The maximum Gasteiger partial charge on any atom is 0.257 e. The number of carbonyl (C=O) groups is 2. The van der Waals surface area contributed by atoms with Crippen LogP contribution in [0.4, 0.5) is 11.4 Å². The Bertz CT molecular complexity index is 1180. The minimum absolute atomic E-state index is 0.117. The zero-order valence-corrected chi connectivity index (χ0v) is 16.9. The lowest BCUT2D eigenvalue weighted by atomic mass is 10.0. The molecule has 0 fully saturated rings. The molecule has 0 heterocycles. The Morgan fingerprint density at radius 1 is 0.828 bits per heavy atom. The molecule has 0 saturated heterocycles. The van der Waals surface area contributed by atoms with Crippen molar-refractivity contribution in [1.82, 2.24) is 0 Å². The van der Waals surface area contributed by atoms with Gasteiger partial charge in [0.2, 0.25) is 10.0 Å². The summed E-state index contributed by atoms with van der Waals surface area (Å²) in [6.45, 7) is 0. The third-order valence-corrected chi connectivity index (χ3v) is 4.80. The van der Waals surface area contributed by atoms with Crippen LogP contribution in [0.5, 0.6) is 0 Å². The summed E-state index contributed by atoms with van der Waals surface area (Å²) in [6.07, 6.45) is 0.998. The number of halogens is 1. The minimum atomic E-state index is -3.57. The Labute approximate surface area is 173 Å². The predicted molar refractivity (Wildman–Crippen MR) is 114 cm³/mol. The molecule has 8 heteroatoms. The highest BCUT2D eigenvalue weighted by molar-refractivity contribution is 7.92. The quantitative estimate of drug-likeness (QED) is 0.575. The molecule has 0 unspecified atom stereocenters. The number of anilines is 2. The number of hydrogen-bond donors (Lipinski definition) is 2. The van der Waals surface area contributed by atoms with Crippen molar-refractivity contribution < 1.29 is 18.0 Å². The van der Waals surface area contributed by atoms with Crippen molar-refractivity contribution in [2.45, 2.75) is 0 Å². The molecule has 6 nitrogen and oxygen atoms in total. The Morgan fingerprint density at radius 3 is 2.17 bits per heavy atom. The SMILES string of the molecule is CS(=O)(=O)Nc1ccccc1C(=O)Nc1ccc(Cl)cc1C(=O)c1ccccc1. The number of sulfonamides is 1. The van der Waals surface area contributed by atoms with Gasteiger partial charge in [0.1, 0.15) is 0 Å². The second-order valence-electron chi connectivity index (χ2n) is 6.26. The van der Waals surface area contributed by atoms with Crippen LogP contribution in [0.25, 0.3) is 0 Å². The van der Waals surface area contributed by atoms with Gasteiger partial charge in [-0.1, -0.05) is 54.1 Å². The Morgan fingerprint density at radius 2 is 1.48 bits per heavy atom. The monoisotopic (exact) mass is 428 g/mol. The van der Waals surface area contributed by atoms with Crippen molar-refractivity contribution in [3.63, 3.8) is 0 Å². The van der Waals surface area contributed by atoms with Crippen molar-refractivity contribution in [3.8, 4) is 0 Å². The number of ketones is 1. The second kappa shape index (κ2) is 8.46. The first-order chi connectivity index (χ1) is 13.7. The van der Waals surface area contributed by atoms with E-state index in [4.69, 9.17) is 11.6 Å². The summed E-state index contributed by atoms with van der Waals surface area (Å²) in [4.78, 5) is 25.7. The molecule has 0 saturated carbocycles. The Kier molecular flexibility index (Phi) is 6.00. The first kappa shape index (κ1) is 20.6. The number of carbonyl (C=O) groups excluding carboxylic acids is 2. The van der Waals surface area contributed by atoms with Gasteiger partial charge in [0.25, 0.3) is 5.91 Å². The molecule has 148 valence electrons. The molecule has 0 spiro atoms. The van der Waals surface area contributed by atoms with Gasteiger partial charge in [-0.3, -0.25) is 14.3 Å². The molecule has 3 aromatic carbocycles. The van der Waals surface area contributed by atoms with Crippen molar-refractivity contribution in [3.05, 3.63) is 94.5 Å². The van der Waals surface area contributed by atoms with Crippen LogP contribution in [0.3, 0.4) is 0 Å². The standard InChI is InChI=1S/C21H17ClN2O4S/c1-29(27,28)24-19-10-6-5-9-16(19)21(26)23-18-12-11-15(22)13-17(18)20(25)14-7-3-2-4-8-14/h2-13,24H,1H3,(H,23,26). The van der Waals surface area contributed by atoms with E-state index in [-0.39, 0.29) is 28.3 Å². The van der Waals surface area contributed by atoms with Crippen molar-refractivity contribution in [2.75, 3.05) is 16.3 Å². The molecular weight excluding hydrogens is 412 g/mol. The van der Waals surface area contributed by atoms with E-state index in [1.807, 2.05) is 0 Å². The van der Waals surface area contributed by atoms with Crippen LogP contribution in [0.15, 0.2) is 72.8 Å². The van der Waals surface area contributed by atoms with Crippen LogP contribution in [-0.4, -0.2) is 26.4 Å². The minimum Gasteiger partial charge on any atom is -0.321 e. The van der Waals surface area contributed by atoms with Crippen LogP contribution >= 0.6 is 11.6 Å². The number of para-hydroxylation sites is 1. The van der Waals surface area contributed by atoms with Crippen LogP contribution in [-0.2, 0) is 10.0 Å². The second-order valence-corrected chi connectivity index (χ2v) is 8.44. The molecular formula is C21H17ClN2O4S. The smallest absolute Gasteiger partial charge is 0.257 e. The Balaban J connectivity index is 1.96. The van der Waals surface area contributed by atoms with Crippen molar-refractivity contribution >= 4 is 44.7 Å². The predicted octanol–water partition coefficient (Wildman–Crippen LogP) is 4.19. The number of rotatable bonds is 6. The molecule has 0 aliphatic heterocycles. The fraction of sp³-hybridized carbons (Fsp3) is 0.0476. The molecule has 2 N–H and O–H groups in total. The number of hydrogen-bond acceptors (Lipinski definition) is 4. The van der Waals surface area contributed by atoms with E-state index in [0.717, 1.165) is 6.26 Å². The Hall–Kier alpha value is -3.16. The highest BCUT2D eigenvalue weighted by atomic mass is 35.5. The summed E-state index contributed by atoms with van der Waals surface area (Å²) < 4.78 is 25.5. The largest absolute Gasteiger partial charge is 0.321 e. The molecule has 29 heavy (non-hydrogen) atoms. The van der Waals surface area contributed by atoms with Gasteiger partial charge in [-0.15, -0.1) is 0 Å². The van der Waals surface area contributed by atoms with Gasteiger partial charge in [0.15, 0.2) is 5.78 Å². The molecule has 3 rings (SSSR count). The lowest BCUT2D eigenvalue weighted by molar-refractivity contribution is 0.102. The summed E-state index contributed by atoms with van der Waals surface area (Å²) in [5, 5.41) is 3.03. The van der Waals surface area contributed by atoms with E-state index in [0.29, 0.717) is 10.6 Å². The van der Waals surface area contributed by atoms with E-state index in [2.05, 4.69) is 10.0 Å². The lowest BCUT2D eigenvalue weighted by Gasteiger charge is -2.14. The molecule has 0 bridgehead atoms. The van der Waals surface area contributed by atoms with Gasteiger partial charge in [-0.2, -0.15) is 0 Å². The molecule has 3 aromatic rings. The van der Waals surface area contributed by atoms with Gasteiger partial charge in [-0.25, -0.2) is 8.42 Å². The fourth-order valence-corrected chi connectivity index (χ4v) is 3.47. The average Bonchev–Trinajstić information content (AvgIpc) is 2.68. The number of amides is 1. The third-order valence-electron chi connectivity index (χ3n) is 3.98. The van der Waals surface area contributed by atoms with Gasteiger partial charge in [0, 0.05) is 16.1 Å². The van der Waals surface area contributed by atoms with E-state index >= 15 is 0 Å². The molecule has 1 amide bonds. The maximum atomic E-state index is 12.9. The van der Waals surface area contributed by atoms with E-state index < -0.39 is 15.9 Å². The van der Waals surface area contributed by atoms with Gasteiger partial charge < -0.3 is 5.32 Å². The summed E-state index contributed by atoms with van der Waals surface area (Å²) in [6, 6.07) is 19.4. The van der Waals surface area contributed by atoms with Gasteiger partial charge in [0.05, 0.1) is 23.2 Å². The topological polar surface area (TPSA) is 92.3 Å². The van der Waals surface area contributed by atoms with Crippen LogP contribution in [0.2, 0.25) is 5.02 Å². The fourth-order valence-electron chi connectivity index (χ4n) is 2.72. The zero-order chi connectivity index (χ0) is 21.0. The van der Waals surface area contributed by atoms with Gasteiger partial charge in [-0.05, 0) is 30.3 Å². The molecule has 0 aromatic heterocycles. The van der Waals surface area contributed by atoms with E-state index in [9.17, 15) is 18.0 Å². The van der Waals surface area contributed by atoms with Gasteiger partial charge >= 0.3 is 0 Å². The molecule has 0 aliphatic carbocycles. The van der Waals surface area contributed by atoms with Crippen molar-refractivity contribution in [1.29, 1.82) is 0 Å². The maximum absolute atomic E-state index is 12.9. The number of benzene rings is 3.